The molecule has 1 saturated heterocycles. The molecule has 0 saturated carbocycles. The average molecular weight is 336 g/mol. The minimum atomic E-state index is -0.444. The zero-order valence-corrected chi connectivity index (χ0v) is 14.2. The van der Waals surface area contributed by atoms with Crippen molar-refractivity contribution in [2.75, 3.05) is 44.2 Å². The predicted octanol–water partition coefficient (Wildman–Crippen LogP) is 0.670. The Kier molecular flexibility index (Phi) is 6.14. The second-order valence-corrected chi connectivity index (χ2v) is 6.28. The van der Waals surface area contributed by atoms with Gasteiger partial charge in [-0.3, -0.25) is 14.5 Å². The zero-order chi connectivity index (χ0) is 17.7. The van der Waals surface area contributed by atoms with Gasteiger partial charge in [0.15, 0.2) is 0 Å². The highest BCUT2D eigenvalue weighted by Crippen LogP contribution is 2.20. The third kappa shape index (κ3) is 4.67. The Bertz CT molecular complexity index is 586. The lowest BCUT2D eigenvalue weighted by Gasteiger charge is -2.37. The highest BCUT2D eigenvalue weighted by atomic mass is 19.1. The molecule has 132 valence electrons. The van der Waals surface area contributed by atoms with E-state index in [0.29, 0.717) is 31.9 Å². The first-order valence-electron chi connectivity index (χ1n) is 8.18. The Morgan fingerprint density at radius 2 is 1.79 bits per heavy atom. The number of primary amides is 1. The molecule has 1 fully saturated rings. The fraction of sp³-hybridized carbons (Fsp3) is 0.529. The maximum absolute atomic E-state index is 13.8. The molecule has 24 heavy (non-hydrogen) atoms. The molecular formula is C17H25FN4O2. The number of hydrogen-bond donors (Lipinski definition) is 1. The Balaban J connectivity index is 1.90. The lowest BCUT2D eigenvalue weighted by atomic mass is 10.2. The quantitative estimate of drug-likeness (QED) is 0.829. The van der Waals surface area contributed by atoms with Crippen molar-refractivity contribution in [2.24, 2.45) is 5.73 Å². The number of rotatable bonds is 6. The minimum absolute atomic E-state index is 0.0295. The van der Waals surface area contributed by atoms with E-state index in [4.69, 9.17) is 5.73 Å². The SMILES string of the molecule is CC(C)N(CC(N)=O)CC(=O)N1CCN(c2ccccc2F)CC1. The highest BCUT2D eigenvalue weighted by molar-refractivity contribution is 5.80. The van der Waals surface area contributed by atoms with Crippen molar-refractivity contribution in [3.63, 3.8) is 0 Å². The molecule has 1 aromatic carbocycles. The number of carbonyl (C=O) groups is 2. The number of halogens is 1. The molecule has 2 N–H and O–H groups in total. The van der Waals surface area contributed by atoms with Gasteiger partial charge in [-0.1, -0.05) is 12.1 Å². The van der Waals surface area contributed by atoms with E-state index >= 15 is 0 Å². The van der Waals surface area contributed by atoms with Gasteiger partial charge in [0, 0.05) is 32.2 Å². The second-order valence-electron chi connectivity index (χ2n) is 6.28. The van der Waals surface area contributed by atoms with Crippen LogP contribution in [0.2, 0.25) is 0 Å². The summed E-state index contributed by atoms with van der Waals surface area (Å²) < 4.78 is 13.8. The molecule has 0 radical (unpaired) electrons. The molecule has 7 heteroatoms. The molecule has 1 heterocycles. The lowest BCUT2D eigenvalue weighted by molar-refractivity contribution is -0.133. The highest BCUT2D eigenvalue weighted by Gasteiger charge is 2.25. The van der Waals surface area contributed by atoms with Crippen LogP contribution in [0.5, 0.6) is 0 Å². The van der Waals surface area contributed by atoms with Crippen LogP contribution in [0.1, 0.15) is 13.8 Å². The third-order valence-corrected chi connectivity index (χ3v) is 4.25. The smallest absolute Gasteiger partial charge is 0.236 e. The fourth-order valence-electron chi connectivity index (χ4n) is 2.80. The summed E-state index contributed by atoms with van der Waals surface area (Å²) >= 11 is 0. The molecule has 1 aromatic rings. The standard InChI is InChI=1S/C17H25FN4O2/c1-13(2)22(11-16(19)23)12-17(24)21-9-7-20(8-10-21)15-6-4-3-5-14(15)18/h3-6,13H,7-12H2,1-2H3,(H2,19,23). The largest absolute Gasteiger partial charge is 0.369 e. The van der Waals surface area contributed by atoms with E-state index in [1.807, 2.05) is 18.7 Å². The summed E-state index contributed by atoms with van der Waals surface area (Å²) in [6.07, 6.45) is 0. The molecule has 0 aromatic heterocycles. The number of carbonyl (C=O) groups excluding carboxylic acids is 2. The summed E-state index contributed by atoms with van der Waals surface area (Å²) in [5.74, 6) is -0.719. The van der Waals surface area contributed by atoms with Gasteiger partial charge in [0.25, 0.3) is 0 Å². The summed E-state index contributed by atoms with van der Waals surface area (Å²) in [7, 11) is 0. The monoisotopic (exact) mass is 336 g/mol. The summed E-state index contributed by atoms with van der Waals surface area (Å²) in [5, 5.41) is 0. The van der Waals surface area contributed by atoms with Gasteiger partial charge in [-0.15, -0.1) is 0 Å². The van der Waals surface area contributed by atoms with Crippen molar-refractivity contribution in [3.05, 3.63) is 30.1 Å². The van der Waals surface area contributed by atoms with E-state index in [-0.39, 0.29) is 30.9 Å². The number of nitrogens with two attached hydrogens (primary N) is 1. The molecule has 0 bridgehead atoms. The molecular weight excluding hydrogens is 311 g/mol. The fourth-order valence-corrected chi connectivity index (χ4v) is 2.80. The first-order chi connectivity index (χ1) is 11.4. The van der Waals surface area contributed by atoms with E-state index < -0.39 is 5.91 Å². The van der Waals surface area contributed by atoms with Crippen LogP contribution < -0.4 is 10.6 Å². The molecule has 1 aliphatic rings. The van der Waals surface area contributed by atoms with Crippen molar-refractivity contribution in [3.8, 4) is 0 Å². The molecule has 6 nitrogen and oxygen atoms in total. The van der Waals surface area contributed by atoms with Crippen LogP contribution in [-0.2, 0) is 9.59 Å². The van der Waals surface area contributed by atoms with Crippen LogP contribution in [0.25, 0.3) is 0 Å². The van der Waals surface area contributed by atoms with Gasteiger partial charge in [-0.05, 0) is 26.0 Å². The van der Waals surface area contributed by atoms with Crippen LogP contribution in [0.4, 0.5) is 10.1 Å². The molecule has 2 rings (SSSR count). The van der Waals surface area contributed by atoms with Crippen molar-refractivity contribution in [1.29, 1.82) is 0 Å². The number of piperazine rings is 1. The molecule has 0 unspecified atom stereocenters. The van der Waals surface area contributed by atoms with E-state index in [9.17, 15) is 14.0 Å². The van der Waals surface area contributed by atoms with Gasteiger partial charge in [0.2, 0.25) is 11.8 Å². The number of anilines is 1. The molecule has 1 aliphatic heterocycles. The van der Waals surface area contributed by atoms with Gasteiger partial charge in [-0.2, -0.15) is 0 Å². The van der Waals surface area contributed by atoms with Gasteiger partial charge >= 0.3 is 0 Å². The third-order valence-electron chi connectivity index (χ3n) is 4.25. The van der Waals surface area contributed by atoms with E-state index in [1.165, 1.54) is 6.07 Å². The molecule has 0 atom stereocenters. The first-order valence-corrected chi connectivity index (χ1v) is 8.18. The Morgan fingerprint density at radius 1 is 1.17 bits per heavy atom. The maximum Gasteiger partial charge on any atom is 0.236 e. The Labute approximate surface area is 142 Å². The minimum Gasteiger partial charge on any atom is -0.369 e. The summed E-state index contributed by atoms with van der Waals surface area (Å²) in [6, 6.07) is 6.72. The van der Waals surface area contributed by atoms with Crippen LogP contribution in [0, 0.1) is 5.82 Å². The molecule has 0 spiro atoms. The maximum atomic E-state index is 13.8. The Hall–Kier alpha value is -2.15. The van der Waals surface area contributed by atoms with Crippen molar-refractivity contribution < 1.29 is 14.0 Å². The topological polar surface area (TPSA) is 69.9 Å². The first kappa shape index (κ1) is 18.2. The van der Waals surface area contributed by atoms with Crippen molar-refractivity contribution in [1.82, 2.24) is 9.80 Å². The van der Waals surface area contributed by atoms with Gasteiger partial charge in [0.1, 0.15) is 5.82 Å². The number of benzene rings is 1. The van der Waals surface area contributed by atoms with Gasteiger partial charge < -0.3 is 15.5 Å². The lowest BCUT2D eigenvalue weighted by Crippen LogP contribution is -2.52. The second kappa shape index (κ2) is 8.10. The summed E-state index contributed by atoms with van der Waals surface area (Å²) in [5.41, 5.74) is 5.81. The number of hydrogen-bond acceptors (Lipinski definition) is 4. The number of nitrogens with zero attached hydrogens (tertiary/aromatic N) is 3. The van der Waals surface area contributed by atoms with E-state index in [2.05, 4.69) is 0 Å². The van der Waals surface area contributed by atoms with E-state index in [1.54, 1.807) is 28.0 Å². The van der Waals surface area contributed by atoms with E-state index in [0.717, 1.165) is 0 Å². The molecule has 0 aliphatic carbocycles. The van der Waals surface area contributed by atoms with Crippen LogP contribution >= 0.6 is 0 Å². The van der Waals surface area contributed by atoms with Crippen LogP contribution in [0.15, 0.2) is 24.3 Å². The van der Waals surface area contributed by atoms with Crippen LogP contribution in [0.3, 0.4) is 0 Å². The number of amides is 2. The predicted molar refractivity (Wildman–Crippen MR) is 91.1 cm³/mol. The summed E-state index contributed by atoms with van der Waals surface area (Å²) in [4.78, 5) is 29.0. The average Bonchev–Trinajstić information content (AvgIpc) is 2.54. The summed E-state index contributed by atoms with van der Waals surface area (Å²) in [6.45, 7) is 6.33. The normalized spacial score (nSPS) is 15.2. The van der Waals surface area contributed by atoms with Crippen molar-refractivity contribution in [2.45, 2.75) is 19.9 Å². The number of para-hydroxylation sites is 1. The zero-order valence-electron chi connectivity index (χ0n) is 14.2. The Morgan fingerprint density at radius 3 is 2.33 bits per heavy atom. The van der Waals surface area contributed by atoms with Crippen molar-refractivity contribution >= 4 is 17.5 Å². The molecule has 2 amide bonds. The van der Waals surface area contributed by atoms with Gasteiger partial charge in [0.05, 0.1) is 18.8 Å². The van der Waals surface area contributed by atoms with Gasteiger partial charge in [-0.25, -0.2) is 4.39 Å². The van der Waals surface area contributed by atoms with Crippen LogP contribution in [-0.4, -0.2) is 66.9 Å².